The van der Waals surface area contributed by atoms with Crippen molar-refractivity contribution in [1.82, 2.24) is 5.48 Å². The number of fused-ring (bicyclic) bond motifs is 1. The first-order chi connectivity index (χ1) is 11.2. The Morgan fingerprint density at radius 2 is 2.00 bits per heavy atom. The highest BCUT2D eigenvalue weighted by atomic mass is 32.1. The van der Waals surface area contributed by atoms with Gasteiger partial charge in [-0.1, -0.05) is 30.3 Å². The van der Waals surface area contributed by atoms with Crippen LogP contribution in [-0.4, -0.2) is 18.5 Å². The molecule has 2 aromatic rings. The van der Waals surface area contributed by atoms with Gasteiger partial charge in [-0.15, -0.1) is 11.3 Å². The summed E-state index contributed by atoms with van der Waals surface area (Å²) in [6.45, 7) is -0.0889. The highest BCUT2D eigenvalue weighted by molar-refractivity contribution is 7.14. The molecule has 0 fully saturated rings. The van der Waals surface area contributed by atoms with Gasteiger partial charge in [-0.2, -0.15) is 0 Å². The molecule has 1 aromatic heterocycles. The van der Waals surface area contributed by atoms with Gasteiger partial charge >= 0.3 is 5.97 Å². The molecule has 23 heavy (non-hydrogen) atoms. The lowest BCUT2D eigenvalue weighted by atomic mass is 10.2. The molecule has 1 aliphatic rings. The van der Waals surface area contributed by atoms with Crippen molar-refractivity contribution in [2.45, 2.75) is 25.9 Å². The molecular formula is C17H17NO4S. The molecule has 6 heteroatoms. The fourth-order valence-electron chi connectivity index (χ4n) is 2.44. The third-order valence-corrected chi connectivity index (χ3v) is 4.77. The number of amides is 1. The smallest absolute Gasteiger partial charge is 0.348 e. The van der Waals surface area contributed by atoms with E-state index < -0.39 is 11.9 Å². The van der Waals surface area contributed by atoms with E-state index >= 15 is 0 Å². The van der Waals surface area contributed by atoms with Crippen molar-refractivity contribution in [3.05, 3.63) is 57.3 Å². The quantitative estimate of drug-likeness (QED) is 0.653. The second-order valence-corrected chi connectivity index (χ2v) is 6.43. The predicted octanol–water partition coefficient (Wildman–Crippen LogP) is 2.64. The number of nitrogens with one attached hydrogen (secondary N) is 1. The van der Waals surface area contributed by atoms with Gasteiger partial charge in [-0.3, -0.25) is 9.63 Å². The molecule has 1 aliphatic carbocycles. The van der Waals surface area contributed by atoms with Gasteiger partial charge in [0.25, 0.3) is 5.91 Å². The largest absolute Gasteiger partial charge is 0.451 e. The van der Waals surface area contributed by atoms with E-state index in [1.807, 2.05) is 36.4 Å². The van der Waals surface area contributed by atoms with Crippen molar-refractivity contribution >= 4 is 23.2 Å². The van der Waals surface area contributed by atoms with Crippen LogP contribution >= 0.6 is 11.3 Å². The van der Waals surface area contributed by atoms with Crippen molar-refractivity contribution in [3.8, 4) is 0 Å². The first-order valence-corrected chi connectivity index (χ1v) is 8.27. The molecule has 120 valence electrons. The Bertz CT molecular complexity index is 674. The predicted molar refractivity (Wildman–Crippen MR) is 86.0 cm³/mol. The second-order valence-electron chi connectivity index (χ2n) is 5.29. The number of benzene rings is 1. The number of rotatable bonds is 6. The third-order valence-electron chi connectivity index (χ3n) is 3.55. The first kappa shape index (κ1) is 15.7. The SMILES string of the molecule is O=C(COC(=O)c1cc2c(s1)CCC2)NOCc1ccccc1. The number of carbonyl (C=O) groups is 2. The molecule has 0 radical (unpaired) electrons. The van der Waals surface area contributed by atoms with Crippen LogP contribution in [0.25, 0.3) is 0 Å². The van der Waals surface area contributed by atoms with Crippen LogP contribution in [0.4, 0.5) is 0 Å². The summed E-state index contributed by atoms with van der Waals surface area (Å²) in [4.78, 5) is 30.4. The van der Waals surface area contributed by atoms with E-state index in [-0.39, 0.29) is 13.2 Å². The van der Waals surface area contributed by atoms with Crippen molar-refractivity contribution in [2.75, 3.05) is 6.61 Å². The Hall–Kier alpha value is -2.18. The van der Waals surface area contributed by atoms with Gasteiger partial charge in [-0.05, 0) is 36.5 Å². The summed E-state index contributed by atoms with van der Waals surface area (Å²) in [5.41, 5.74) is 4.44. The van der Waals surface area contributed by atoms with Crippen LogP contribution in [0.15, 0.2) is 36.4 Å². The van der Waals surface area contributed by atoms with Crippen LogP contribution in [0, 0.1) is 0 Å². The van der Waals surface area contributed by atoms with Crippen molar-refractivity contribution in [1.29, 1.82) is 0 Å². The van der Waals surface area contributed by atoms with Crippen LogP contribution in [0.1, 0.15) is 32.1 Å². The maximum absolute atomic E-state index is 11.9. The molecular weight excluding hydrogens is 314 g/mol. The Kier molecular flexibility index (Phi) is 5.05. The van der Waals surface area contributed by atoms with Crippen LogP contribution in [0.2, 0.25) is 0 Å². The van der Waals surface area contributed by atoms with Crippen LogP contribution in [0.3, 0.4) is 0 Å². The second kappa shape index (κ2) is 7.39. The number of hydrogen-bond donors (Lipinski definition) is 1. The lowest BCUT2D eigenvalue weighted by molar-refractivity contribution is -0.137. The van der Waals surface area contributed by atoms with Crippen molar-refractivity contribution in [3.63, 3.8) is 0 Å². The molecule has 1 N–H and O–H groups in total. The molecule has 3 rings (SSSR count). The number of aryl methyl sites for hydroxylation is 2. The summed E-state index contributed by atoms with van der Waals surface area (Å²) in [5.74, 6) is -0.944. The van der Waals surface area contributed by atoms with E-state index in [1.54, 1.807) is 0 Å². The summed E-state index contributed by atoms with van der Waals surface area (Å²) in [5, 5.41) is 0. The lowest BCUT2D eigenvalue weighted by Crippen LogP contribution is -2.28. The molecule has 0 saturated carbocycles. The maximum atomic E-state index is 11.9. The number of ether oxygens (including phenoxy) is 1. The Morgan fingerprint density at radius 1 is 1.17 bits per heavy atom. The first-order valence-electron chi connectivity index (χ1n) is 7.45. The van der Waals surface area contributed by atoms with Crippen LogP contribution < -0.4 is 5.48 Å². The number of hydroxylamine groups is 1. The molecule has 0 saturated heterocycles. The molecule has 0 bridgehead atoms. The van der Waals surface area contributed by atoms with E-state index in [1.165, 1.54) is 21.8 Å². The normalized spacial score (nSPS) is 12.7. The van der Waals surface area contributed by atoms with Gasteiger partial charge in [0.2, 0.25) is 0 Å². The molecule has 1 amide bonds. The van der Waals surface area contributed by atoms with Crippen LogP contribution in [-0.2, 0) is 33.8 Å². The minimum Gasteiger partial charge on any atom is -0.451 e. The van der Waals surface area contributed by atoms with Gasteiger partial charge < -0.3 is 4.74 Å². The molecule has 0 atom stereocenters. The third kappa shape index (κ3) is 4.18. The highest BCUT2D eigenvalue weighted by Gasteiger charge is 2.19. The fourth-order valence-corrected chi connectivity index (χ4v) is 3.58. The number of hydrogen-bond acceptors (Lipinski definition) is 5. The van der Waals surface area contributed by atoms with E-state index in [0.29, 0.717) is 4.88 Å². The number of carbonyl (C=O) groups excluding carboxylic acids is 2. The van der Waals surface area contributed by atoms with Gasteiger partial charge in [0, 0.05) is 4.88 Å². The summed E-state index contributed by atoms with van der Waals surface area (Å²) >= 11 is 1.46. The van der Waals surface area contributed by atoms with E-state index in [9.17, 15) is 9.59 Å². The molecule has 1 aromatic carbocycles. The molecule has 5 nitrogen and oxygen atoms in total. The Morgan fingerprint density at radius 3 is 2.78 bits per heavy atom. The summed E-state index contributed by atoms with van der Waals surface area (Å²) in [7, 11) is 0. The molecule has 0 aliphatic heterocycles. The van der Waals surface area contributed by atoms with Gasteiger partial charge in [0.1, 0.15) is 4.88 Å². The van der Waals surface area contributed by atoms with Crippen molar-refractivity contribution < 1.29 is 19.2 Å². The molecule has 0 unspecified atom stereocenters. The minimum atomic E-state index is -0.488. The lowest BCUT2D eigenvalue weighted by Gasteiger charge is -2.06. The van der Waals surface area contributed by atoms with Gasteiger partial charge in [0.15, 0.2) is 6.61 Å². The summed E-state index contributed by atoms with van der Waals surface area (Å²) in [6, 6.07) is 11.3. The monoisotopic (exact) mass is 331 g/mol. The maximum Gasteiger partial charge on any atom is 0.348 e. The zero-order chi connectivity index (χ0) is 16.1. The molecule has 1 heterocycles. The van der Waals surface area contributed by atoms with E-state index in [2.05, 4.69) is 5.48 Å². The van der Waals surface area contributed by atoms with E-state index in [0.717, 1.165) is 24.8 Å². The highest BCUT2D eigenvalue weighted by Crippen LogP contribution is 2.30. The zero-order valence-electron chi connectivity index (χ0n) is 12.5. The standard InChI is InChI=1S/C17H17NO4S/c19-16(18-22-10-12-5-2-1-3-6-12)11-21-17(20)15-9-13-7-4-8-14(13)23-15/h1-3,5-6,9H,4,7-8,10-11H2,(H,18,19). The van der Waals surface area contributed by atoms with Crippen LogP contribution in [0.5, 0.6) is 0 Å². The molecule has 0 spiro atoms. The fraction of sp³-hybridized carbons (Fsp3) is 0.294. The Balaban J connectivity index is 1.39. The topological polar surface area (TPSA) is 64.6 Å². The van der Waals surface area contributed by atoms with Gasteiger partial charge in [-0.25, -0.2) is 10.3 Å². The Labute approximate surface area is 138 Å². The zero-order valence-corrected chi connectivity index (χ0v) is 13.4. The average molecular weight is 331 g/mol. The summed E-state index contributed by atoms with van der Waals surface area (Å²) in [6.07, 6.45) is 3.20. The number of esters is 1. The van der Waals surface area contributed by atoms with E-state index in [4.69, 9.17) is 9.57 Å². The summed E-state index contributed by atoms with van der Waals surface area (Å²) < 4.78 is 5.01. The average Bonchev–Trinajstić information content (AvgIpc) is 3.15. The minimum absolute atomic E-state index is 0.262. The van der Waals surface area contributed by atoms with Crippen molar-refractivity contribution in [2.24, 2.45) is 0 Å². The van der Waals surface area contributed by atoms with Gasteiger partial charge in [0.05, 0.1) is 6.61 Å². The number of thiophene rings is 1.